The smallest absolute Gasteiger partial charge is 0.185 e. The van der Waals surface area contributed by atoms with Gasteiger partial charge in [0, 0.05) is 12.6 Å². The number of H-pyrrole nitrogens is 1. The number of rotatable bonds is 3. The third-order valence-corrected chi connectivity index (χ3v) is 3.57. The molecule has 3 rings (SSSR count). The summed E-state index contributed by atoms with van der Waals surface area (Å²) in [5, 5.41) is 0.297. The molecule has 0 spiro atoms. The van der Waals surface area contributed by atoms with Crippen LogP contribution in [0.5, 0.6) is 0 Å². The largest absolute Gasteiger partial charge is 0.316 e. The molecule has 0 fully saturated rings. The van der Waals surface area contributed by atoms with Crippen LogP contribution < -0.4 is 0 Å². The molecule has 0 unspecified atom stereocenters. The number of hydrogen-bond acceptors (Lipinski definition) is 4. The Morgan fingerprint density at radius 3 is 2.83 bits per heavy atom. The van der Waals surface area contributed by atoms with Gasteiger partial charge < -0.3 is 4.98 Å². The second-order valence-corrected chi connectivity index (χ2v) is 5.60. The fraction of sp³-hybridized carbons (Fsp3) is 0.294. The Morgan fingerprint density at radius 1 is 1.22 bits per heavy atom. The maximum absolute atomic E-state index is 6.23. The van der Waals surface area contributed by atoms with E-state index >= 15 is 0 Å². The maximum Gasteiger partial charge on any atom is 0.185 e. The summed E-state index contributed by atoms with van der Waals surface area (Å²) in [6.07, 6.45) is 4.83. The van der Waals surface area contributed by atoms with Gasteiger partial charge >= 0.3 is 0 Å². The Bertz CT molecular complexity index is 887. The third kappa shape index (κ3) is 3.49. The number of nitrogens with one attached hydrogen (secondary N) is 1. The van der Waals surface area contributed by atoms with E-state index in [2.05, 4.69) is 43.7 Å². The minimum atomic E-state index is 0.297. The highest BCUT2D eigenvalue weighted by atomic mass is 35.5. The van der Waals surface area contributed by atoms with Crippen LogP contribution in [0.25, 0.3) is 22.7 Å². The summed E-state index contributed by atoms with van der Waals surface area (Å²) in [5.74, 6) is 7.12. The van der Waals surface area contributed by atoms with Crippen LogP contribution in [0.2, 0.25) is 5.15 Å². The first-order valence-corrected chi connectivity index (χ1v) is 7.90. The second kappa shape index (κ2) is 6.76. The van der Waals surface area contributed by atoms with Gasteiger partial charge in [0.25, 0.3) is 0 Å². The van der Waals surface area contributed by atoms with Crippen LogP contribution in [0.15, 0.2) is 18.3 Å². The van der Waals surface area contributed by atoms with Gasteiger partial charge in [0.2, 0.25) is 0 Å². The van der Waals surface area contributed by atoms with Crippen molar-refractivity contribution in [3.05, 3.63) is 34.9 Å². The number of pyridine rings is 1. The number of aromatic amines is 1. The lowest BCUT2D eigenvalue weighted by molar-refractivity contribution is 0.828. The van der Waals surface area contributed by atoms with E-state index in [0.29, 0.717) is 33.7 Å². The summed E-state index contributed by atoms with van der Waals surface area (Å²) >= 11 is 6.23. The Morgan fingerprint density at radius 2 is 2.09 bits per heavy atom. The van der Waals surface area contributed by atoms with Gasteiger partial charge in [-0.25, -0.2) is 15.0 Å². The van der Waals surface area contributed by atoms with Crippen molar-refractivity contribution in [1.82, 2.24) is 24.9 Å². The molecule has 116 valence electrons. The monoisotopic (exact) mass is 325 g/mol. The van der Waals surface area contributed by atoms with Gasteiger partial charge in [-0.3, -0.25) is 4.98 Å². The highest BCUT2D eigenvalue weighted by molar-refractivity contribution is 6.33. The van der Waals surface area contributed by atoms with Crippen molar-refractivity contribution in [3.8, 4) is 23.4 Å². The Balaban J connectivity index is 1.97. The van der Waals surface area contributed by atoms with Crippen LogP contribution in [0.4, 0.5) is 0 Å². The van der Waals surface area contributed by atoms with Crippen molar-refractivity contribution in [2.75, 3.05) is 0 Å². The lowest BCUT2D eigenvalue weighted by atomic mass is 10.2. The van der Waals surface area contributed by atoms with E-state index < -0.39 is 0 Å². The summed E-state index contributed by atoms with van der Waals surface area (Å²) in [6, 6.07) is 3.83. The summed E-state index contributed by atoms with van der Waals surface area (Å²) in [5.41, 5.74) is 2.85. The molecule has 0 aliphatic carbocycles. The molecular formula is C17H16ClN5. The topological polar surface area (TPSA) is 67.3 Å². The Kier molecular flexibility index (Phi) is 4.54. The number of unbranched alkanes of at least 4 members (excludes halogenated alkanes) is 2. The average molecular weight is 326 g/mol. The number of fused-ring (bicyclic) bond motifs is 1. The molecule has 0 atom stereocenters. The zero-order valence-electron chi connectivity index (χ0n) is 13.0. The molecule has 0 aromatic carbocycles. The molecular weight excluding hydrogens is 310 g/mol. The molecule has 5 nitrogen and oxygen atoms in total. The molecule has 0 bridgehead atoms. The zero-order chi connectivity index (χ0) is 16.2. The van der Waals surface area contributed by atoms with Crippen LogP contribution in [0.3, 0.4) is 0 Å². The van der Waals surface area contributed by atoms with Gasteiger partial charge in [0.05, 0.1) is 0 Å². The van der Waals surface area contributed by atoms with Gasteiger partial charge in [0.15, 0.2) is 22.4 Å². The summed E-state index contributed by atoms with van der Waals surface area (Å²) in [6.45, 7) is 4.12. The molecule has 6 heteroatoms. The maximum atomic E-state index is 6.23. The van der Waals surface area contributed by atoms with Crippen LogP contribution in [0.1, 0.15) is 37.6 Å². The molecule has 1 N–H and O–H groups in total. The summed E-state index contributed by atoms with van der Waals surface area (Å²) < 4.78 is 0. The molecule has 3 aromatic heterocycles. The number of imidazole rings is 1. The molecule has 0 aliphatic rings. The first kappa shape index (κ1) is 15.4. The fourth-order valence-electron chi connectivity index (χ4n) is 2.05. The van der Waals surface area contributed by atoms with E-state index in [1.807, 2.05) is 19.1 Å². The van der Waals surface area contributed by atoms with Crippen LogP contribution in [0, 0.1) is 18.8 Å². The van der Waals surface area contributed by atoms with Crippen molar-refractivity contribution < 1.29 is 0 Å². The van der Waals surface area contributed by atoms with Gasteiger partial charge in [0.1, 0.15) is 11.2 Å². The molecule has 0 amide bonds. The van der Waals surface area contributed by atoms with Gasteiger partial charge in [-0.2, -0.15) is 0 Å². The number of nitrogens with zero attached hydrogens (tertiary/aromatic N) is 4. The average Bonchev–Trinajstić information content (AvgIpc) is 2.96. The van der Waals surface area contributed by atoms with E-state index in [0.717, 1.165) is 24.8 Å². The minimum Gasteiger partial charge on any atom is -0.316 e. The molecule has 0 saturated heterocycles. The highest BCUT2D eigenvalue weighted by Crippen LogP contribution is 2.22. The number of aromatic nitrogens is 5. The van der Waals surface area contributed by atoms with Gasteiger partial charge in [-0.1, -0.05) is 36.9 Å². The van der Waals surface area contributed by atoms with Crippen molar-refractivity contribution in [2.45, 2.75) is 33.1 Å². The standard InChI is InChI=1S/C17H16ClN5/c1-3-4-5-6-7-13-20-14-15(18)22-16(23-17(14)21-13)12-9-8-11(2)10-19-12/h8-10H,3-5H2,1-2H3,(H,20,21,22,23). The van der Waals surface area contributed by atoms with E-state index in [9.17, 15) is 0 Å². The van der Waals surface area contributed by atoms with Crippen molar-refractivity contribution in [2.24, 2.45) is 0 Å². The number of aryl methyl sites for hydroxylation is 1. The lowest BCUT2D eigenvalue weighted by Gasteiger charge is -2.00. The minimum absolute atomic E-state index is 0.297. The van der Waals surface area contributed by atoms with Crippen molar-refractivity contribution in [3.63, 3.8) is 0 Å². The Labute approximate surface area is 139 Å². The predicted octanol–water partition coefficient (Wildman–Crippen LogP) is 3.92. The van der Waals surface area contributed by atoms with Crippen LogP contribution in [-0.4, -0.2) is 24.9 Å². The molecule has 3 heterocycles. The summed E-state index contributed by atoms with van der Waals surface area (Å²) in [7, 11) is 0. The zero-order valence-corrected chi connectivity index (χ0v) is 13.8. The van der Waals surface area contributed by atoms with Crippen LogP contribution >= 0.6 is 11.6 Å². The normalized spacial score (nSPS) is 10.6. The van der Waals surface area contributed by atoms with Gasteiger partial charge in [-0.15, -0.1) is 0 Å². The third-order valence-electron chi connectivity index (χ3n) is 3.30. The summed E-state index contributed by atoms with van der Waals surface area (Å²) in [4.78, 5) is 20.5. The SMILES string of the molecule is CCCCC#Cc1nc2c(Cl)nc(-c3ccc(C)cn3)nc2[nH]1. The van der Waals surface area contributed by atoms with Crippen molar-refractivity contribution >= 4 is 22.8 Å². The molecule has 3 aromatic rings. The quantitative estimate of drug-likeness (QED) is 0.450. The lowest BCUT2D eigenvalue weighted by Crippen LogP contribution is -1.93. The van der Waals surface area contributed by atoms with Crippen LogP contribution in [-0.2, 0) is 0 Å². The fourth-order valence-corrected chi connectivity index (χ4v) is 2.26. The molecule has 0 saturated carbocycles. The molecule has 23 heavy (non-hydrogen) atoms. The van der Waals surface area contributed by atoms with Crippen molar-refractivity contribution in [1.29, 1.82) is 0 Å². The van der Waals surface area contributed by atoms with E-state index in [1.54, 1.807) is 6.20 Å². The first-order chi connectivity index (χ1) is 11.2. The van der Waals surface area contributed by atoms with E-state index in [-0.39, 0.29) is 0 Å². The highest BCUT2D eigenvalue weighted by Gasteiger charge is 2.12. The van der Waals surface area contributed by atoms with Gasteiger partial charge in [-0.05, 0) is 30.9 Å². The van der Waals surface area contributed by atoms with E-state index in [4.69, 9.17) is 11.6 Å². The Hall–Kier alpha value is -2.45. The molecule has 0 aliphatic heterocycles. The number of halogens is 1. The van der Waals surface area contributed by atoms with E-state index in [1.165, 1.54) is 0 Å². The first-order valence-electron chi connectivity index (χ1n) is 7.52. The number of hydrogen-bond donors (Lipinski definition) is 1. The molecule has 0 radical (unpaired) electrons. The predicted molar refractivity (Wildman–Crippen MR) is 91.1 cm³/mol. The second-order valence-electron chi connectivity index (χ2n) is 5.25.